The topological polar surface area (TPSA) is 176 Å². The summed E-state index contributed by atoms with van der Waals surface area (Å²) in [5.41, 5.74) is -1.69. The predicted molar refractivity (Wildman–Crippen MR) is 84.1 cm³/mol. The zero-order valence-electron chi connectivity index (χ0n) is 12.8. The summed E-state index contributed by atoms with van der Waals surface area (Å²) in [6, 6.07) is 2.11. The minimum atomic E-state index is -4.85. The zero-order chi connectivity index (χ0) is 19.2. The van der Waals surface area contributed by atoms with Crippen LogP contribution in [0.25, 0.3) is 5.69 Å². The first-order valence-corrected chi connectivity index (χ1v) is 9.39. The van der Waals surface area contributed by atoms with Crippen LogP contribution in [0.3, 0.4) is 0 Å². The molecule has 0 bridgehead atoms. The van der Waals surface area contributed by atoms with Crippen LogP contribution in [0.15, 0.2) is 32.8 Å². The van der Waals surface area contributed by atoms with E-state index in [-0.39, 0.29) is 11.3 Å². The largest absolute Gasteiger partial charge is 0.354 e. The Morgan fingerprint density at radius 2 is 1.76 bits per heavy atom. The molecule has 2 rings (SSSR count). The number of nitrogens with one attached hydrogen (secondary N) is 2. The molecule has 0 saturated carbocycles. The lowest BCUT2D eigenvalue weighted by molar-refractivity contribution is 0.0957. The van der Waals surface area contributed by atoms with E-state index in [4.69, 9.17) is 4.55 Å². The minimum absolute atomic E-state index is 0.0714. The van der Waals surface area contributed by atoms with Gasteiger partial charge in [0.2, 0.25) is 0 Å². The number of carbonyl (C=O) groups excluding carboxylic acids is 1. The van der Waals surface area contributed by atoms with Crippen LogP contribution in [0.1, 0.15) is 16.1 Å². The first-order chi connectivity index (χ1) is 11.4. The molecule has 4 N–H and O–H groups in total. The summed E-state index contributed by atoms with van der Waals surface area (Å²) in [7, 11) is -8.26. The van der Waals surface area contributed by atoms with E-state index in [1.165, 1.54) is 14.0 Å². The van der Waals surface area contributed by atoms with Gasteiger partial charge in [0.1, 0.15) is 10.6 Å². The lowest BCUT2D eigenvalue weighted by atomic mass is 10.2. The summed E-state index contributed by atoms with van der Waals surface area (Å²) in [4.78, 5) is 22.5. The maximum absolute atomic E-state index is 12.3. The smallest absolute Gasteiger partial charge is 0.296 e. The van der Waals surface area contributed by atoms with Gasteiger partial charge in [-0.1, -0.05) is 0 Å². The molecule has 11 nitrogen and oxygen atoms in total. The molecule has 0 unspecified atom stereocenters. The molecule has 0 aliphatic heterocycles. The van der Waals surface area contributed by atoms with Crippen molar-refractivity contribution in [1.82, 2.24) is 15.1 Å². The number of H-pyrrole nitrogens is 1. The van der Waals surface area contributed by atoms with Gasteiger partial charge in [0.05, 0.1) is 10.6 Å². The first-order valence-electron chi connectivity index (χ1n) is 6.51. The van der Waals surface area contributed by atoms with E-state index in [1.54, 1.807) is 0 Å². The lowest BCUT2D eigenvalue weighted by Crippen LogP contribution is -2.19. The van der Waals surface area contributed by atoms with Crippen molar-refractivity contribution in [3.05, 3.63) is 39.8 Å². The van der Waals surface area contributed by atoms with Crippen molar-refractivity contribution >= 4 is 26.1 Å². The van der Waals surface area contributed by atoms with E-state index in [2.05, 4.69) is 10.4 Å². The van der Waals surface area contributed by atoms with Gasteiger partial charge in [-0.2, -0.15) is 16.8 Å². The van der Waals surface area contributed by atoms with Gasteiger partial charge in [0, 0.05) is 12.6 Å². The third-order valence-corrected chi connectivity index (χ3v) is 5.07. The fourth-order valence-electron chi connectivity index (χ4n) is 2.09. The van der Waals surface area contributed by atoms with Gasteiger partial charge >= 0.3 is 0 Å². The van der Waals surface area contributed by atoms with Gasteiger partial charge in [0.25, 0.3) is 31.7 Å². The zero-order valence-corrected chi connectivity index (χ0v) is 14.5. The van der Waals surface area contributed by atoms with Crippen LogP contribution in [0.5, 0.6) is 0 Å². The Bertz CT molecular complexity index is 1130. The summed E-state index contributed by atoms with van der Waals surface area (Å²) in [5.74, 6) is -0.673. The van der Waals surface area contributed by atoms with Gasteiger partial charge in [-0.3, -0.25) is 23.8 Å². The number of hydrogen-bond acceptors (Lipinski definition) is 6. The number of nitrogens with zero attached hydrogens (tertiary/aromatic N) is 1. The SMILES string of the molecule is CNC(=O)c1[nH]n(-c2cc(S(=O)(=O)O)ccc2S(=O)(=O)O)c(=O)c1C. The molecule has 2 aromatic rings. The summed E-state index contributed by atoms with van der Waals surface area (Å²) < 4.78 is 64.6. The normalized spacial score (nSPS) is 12.2. The number of aromatic amines is 1. The summed E-state index contributed by atoms with van der Waals surface area (Å²) in [5, 5.41) is 4.62. The second-order valence-corrected chi connectivity index (χ2v) is 7.72. The predicted octanol–water partition coefficient (Wildman–Crippen LogP) is -0.673. The number of carbonyl (C=O) groups is 1. The molecular formula is C12H13N3O8S2. The van der Waals surface area contributed by atoms with E-state index in [0.717, 1.165) is 6.07 Å². The van der Waals surface area contributed by atoms with Crippen molar-refractivity contribution in [1.29, 1.82) is 0 Å². The van der Waals surface area contributed by atoms with Crippen molar-refractivity contribution in [2.24, 2.45) is 0 Å². The molecule has 1 heterocycles. The Hall–Kier alpha value is -2.48. The fraction of sp³-hybridized carbons (Fsp3) is 0.167. The van der Waals surface area contributed by atoms with Crippen LogP contribution in [0.4, 0.5) is 0 Å². The van der Waals surface area contributed by atoms with Crippen molar-refractivity contribution < 1.29 is 30.7 Å². The standard InChI is InChI=1S/C12H13N3O8S2/c1-6-10(11(16)13-2)14-15(12(6)17)8-5-7(24(18,19)20)3-4-9(8)25(21,22)23/h3-5,14H,1-2H3,(H,13,16)(H,18,19,20)(H,21,22,23). The van der Waals surface area contributed by atoms with Gasteiger partial charge in [-0.05, 0) is 25.1 Å². The third-order valence-electron chi connectivity index (χ3n) is 3.32. The molecular weight excluding hydrogens is 378 g/mol. The number of hydrogen-bond donors (Lipinski definition) is 4. The van der Waals surface area contributed by atoms with E-state index in [1.807, 2.05) is 0 Å². The van der Waals surface area contributed by atoms with E-state index in [9.17, 15) is 31.0 Å². The Morgan fingerprint density at radius 1 is 1.16 bits per heavy atom. The highest BCUT2D eigenvalue weighted by Crippen LogP contribution is 2.23. The summed E-state index contributed by atoms with van der Waals surface area (Å²) >= 11 is 0. The van der Waals surface area contributed by atoms with Crippen LogP contribution in [-0.4, -0.2) is 48.7 Å². The van der Waals surface area contributed by atoms with Crippen molar-refractivity contribution in [3.63, 3.8) is 0 Å². The van der Waals surface area contributed by atoms with Crippen LogP contribution < -0.4 is 10.9 Å². The maximum Gasteiger partial charge on any atom is 0.296 e. The third kappa shape index (κ3) is 3.48. The average molecular weight is 391 g/mol. The molecule has 0 radical (unpaired) electrons. The second kappa shape index (κ2) is 6.11. The Morgan fingerprint density at radius 3 is 2.24 bits per heavy atom. The van der Waals surface area contributed by atoms with Gasteiger partial charge in [0.15, 0.2) is 0 Å². The molecule has 136 valence electrons. The number of amides is 1. The molecule has 13 heteroatoms. The summed E-state index contributed by atoms with van der Waals surface area (Å²) in [6.07, 6.45) is 0. The molecule has 1 aromatic carbocycles. The van der Waals surface area contributed by atoms with Crippen LogP contribution in [0, 0.1) is 6.92 Å². The minimum Gasteiger partial charge on any atom is -0.354 e. The van der Waals surface area contributed by atoms with Crippen LogP contribution >= 0.6 is 0 Å². The van der Waals surface area contributed by atoms with Gasteiger partial charge in [-0.15, -0.1) is 0 Å². The number of aromatic nitrogens is 2. The van der Waals surface area contributed by atoms with E-state index >= 15 is 0 Å². The monoisotopic (exact) mass is 391 g/mol. The van der Waals surface area contributed by atoms with Gasteiger partial charge < -0.3 is 5.32 Å². The molecule has 0 aliphatic carbocycles. The Balaban J connectivity index is 2.91. The second-order valence-electron chi connectivity index (χ2n) is 4.91. The summed E-state index contributed by atoms with van der Waals surface area (Å²) in [6.45, 7) is 1.29. The Labute approximate surface area is 141 Å². The average Bonchev–Trinajstić information content (AvgIpc) is 2.80. The van der Waals surface area contributed by atoms with Crippen molar-refractivity contribution in [3.8, 4) is 5.69 Å². The molecule has 0 spiro atoms. The highest BCUT2D eigenvalue weighted by molar-refractivity contribution is 7.86. The van der Waals surface area contributed by atoms with Gasteiger partial charge in [-0.25, -0.2) is 4.68 Å². The number of benzene rings is 1. The van der Waals surface area contributed by atoms with Crippen LogP contribution in [0.2, 0.25) is 0 Å². The molecule has 0 atom stereocenters. The molecule has 25 heavy (non-hydrogen) atoms. The quantitative estimate of drug-likeness (QED) is 0.496. The number of rotatable bonds is 4. The first kappa shape index (κ1) is 18.9. The molecule has 0 fully saturated rings. The molecule has 1 aromatic heterocycles. The maximum atomic E-state index is 12.3. The van der Waals surface area contributed by atoms with E-state index < -0.39 is 47.2 Å². The van der Waals surface area contributed by atoms with Crippen molar-refractivity contribution in [2.45, 2.75) is 16.7 Å². The Kier molecular flexibility index (Phi) is 4.61. The van der Waals surface area contributed by atoms with Crippen LogP contribution in [-0.2, 0) is 20.2 Å². The highest BCUT2D eigenvalue weighted by Gasteiger charge is 2.24. The highest BCUT2D eigenvalue weighted by atomic mass is 32.2. The van der Waals surface area contributed by atoms with Crippen molar-refractivity contribution in [2.75, 3.05) is 7.05 Å². The fourth-order valence-corrected chi connectivity index (χ4v) is 3.24. The molecule has 1 amide bonds. The van der Waals surface area contributed by atoms with E-state index in [0.29, 0.717) is 16.8 Å². The molecule has 0 aliphatic rings. The lowest BCUT2D eigenvalue weighted by Gasteiger charge is -2.09. The molecule has 0 saturated heterocycles.